The Morgan fingerprint density at radius 3 is 2.88 bits per heavy atom. The summed E-state index contributed by atoms with van der Waals surface area (Å²) in [6.07, 6.45) is 8.54. The molecule has 134 valence electrons. The van der Waals surface area contributed by atoms with Crippen LogP contribution in [0.3, 0.4) is 0 Å². The van der Waals surface area contributed by atoms with Crippen LogP contribution in [0.2, 0.25) is 5.02 Å². The number of nitrogens with zero attached hydrogens (tertiary/aromatic N) is 6. The number of aromatic nitrogens is 5. The summed E-state index contributed by atoms with van der Waals surface area (Å²) < 4.78 is 2.34. The first kappa shape index (κ1) is 16.0. The first-order valence-electron chi connectivity index (χ1n) is 9.40. The van der Waals surface area contributed by atoms with Crippen molar-refractivity contribution in [3.05, 3.63) is 41.2 Å². The number of piperidine rings is 1. The second kappa shape index (κ2) is 6.50. The summed E-state index contributed by atoms with van der Waals surface area (Å²) in [7, 11) is 0. The smallest absolute Gasteiger partial charge is 0.155 e. The lowest BCUT2D eigenvalue weighted by Gasteiger charge is -2.36. The molecular formula is C19H21ClN6. The molecule has 1 aromatic carbocycles. The van der Waals surface area contributed by atoms with E-state index in [0.717, 1.165) is 60.7 Å². The van der Waals surface area contributed by atoms with Gasteiger partial charge >= 0.3 is 0 Å². The Morgan fingerprint density at radius 1 is 1.00 bits per heavy atom. The molecule has 0 amide bonds. The lowest BCUT2D eigenvalue weighted by atomic mass is 10.00. The maximum atomic E-state index is 6.15. The number of hydrogen-bond acceptors (Lipinski definition) is 5. The van der Waals surface area contributed by atoms with E-state index in [1.807, 2.05) is 18.2 Å². The van der Waals surface area contributed by atoms with E-state index in [1.165, 1.54) is 19.3 Å². The molecule has 2 aliphatic heterocycles. The predicted octanol–water partition coefficient (Wildman–Crippen LogP) is 3.94. The third kappa shape index (κ3) is 2.63. The third-order valence-electron chi connectivity index (χ3n) is 5.54. The maximum Gasteiger partial charge on any atom is 0.155 e. The van der Waals surface area contributed by atoms with Crippen LogP contribution in [0.5, 0.6) is 0 Å². The molecule has 1 unspecified atom stereocenters. The average molecular weight is 369 g/mol. The SMILES string of the molecule is Clc1ccc2c(N3CCCCC3c3nnc4n3CCCC4)ncnc2c1. The number of fused-ring (bicyclic) bond motifs is 2. The minimum atomic E-state index is 0.219. The van der Waals surface area contributed by atoms with Gasteiger partial charge < -0.3 is 9.47 Å². The second-order valence-corrected chi connectivity index (χ2v) is 7.58. The monoisotopic (exact) mass is 368 g/mol. The zero-order valence-electron chi connectivity index (χ0n) is 14.6. The molecular weight excluding hydrogens is 348 g/mol. The Morgan fingerprint density at radius 2 is 1.92 bits per heavy atom. The fraction of sp³-hybridized carbons (Fsp3) is 0.474. The number of hydrogen-bond donors (Lipinski definition) is 0. The normalized spacial score (nSPS) is 20.3. The second-order valence-electron chi connectivity index (χ2n) is 7.15. The predicted molar refractivity (Wildman–Crippen MR) is 101 cm³/mol. The Balaban J connectivity index is 1.60. The van der Waals surface area contributed by atoms with Gasteiger partial charge in [0, 0.05) is 29.9 Å². The molecule has 0 N–H and O–H groups in total. The highest BCUT2D eigenvalue weighted by molar-refractivity contribution is 6.31. The van der Waals surface area contributed by atoms with Crippen LogP contribution in [0.15, 0.2) is 24.5 Å². The van der Waals surface area contributed by atoms with Crippen molar-refractivity contribution >= 4 is 28.3 Å². The van der Waals surface area contributed by atoms with Crippen LogP contribution in [0, 0.1) is 0 Å². The molecule has 1 atom stereocenters. The van der Waals surface area contributed by atoms with Crippen LogP contribution in [-0.4, -0.2) is 31.3 Å². The third-order valence-corrected chi connectivity index (χ3v) is 5.77. The van der Waals surface area contributed by atoms with E-state index >= 15 is 0 Å². The Kier molecular flexibility index (Phi) is 4.00. The molecule has 2 aromatic heterocycles. The molecule has 1 saturated heterocycles. The topological polar surface area (TPSA) is 59.7 Å². The van der Waals surface area contributed by atoms with Gasteiger partial charge in [-0.1, -0.05) is 11.6 Å². The molecule has 26 heavy (non-hydrogen) atoms. The van der Waals surface area contributed by atoms with Crippen molar-refractivity contribution in [1.82, 2.24) is 24.7 Å². The highest BCUT2D eigenvalue weighted by Gasteiger charge is 2.31. The Hall–Kier alpha value is -2.21. The summed E-state index contributed by atoms with van der Waals surface area (Å²) in [6.45, 7) is 2.00. The van der Waals surface area contributed by atoms with Gasteiger partial charge in [0.2, 0.25) is 0 Å². The molecule has 4 heterocycles. The van der Waals surface area contributed by atoms with E-state index in [2.05, 4.69) is 29.6 Å². The van der Waals surface area contributed by atoms with Crippen LogP contribution in [-0.2, 0) is 13.0 Å². The largest absolute Gasteiger partial charge is 0.346 e. The fourth-order valence-electron chi connectivity index (χ4n) is 4.28. The van der Waals surface area contributed by atoms with Gasteiger partial charge in [-0.15, -0.1) is 10.2 Å². The van der Waals surface area contributed by atoms with Crippen molar-refractivity contribution in [2.75, 3.05) is 11.4 Å². The van der Waals surface area contributed by atoms with Crippen molar-refractivity contribution in [3.63, 3.8) is 0 Å². The van der Waals surface area contributed by atoms with Gasteiger partial charge in [-0.2, -0.15) is 0 Å². The molecule has 0 bridgehead atoms. The van der Waals surface area contributed by atoms with Crippen LogP contribution in [0.25, 0.3) is 10.9 Å². The molecule has 0 spiro atoms. The number of aryl methyl sites for hydroxylation is 1. The first-order chi connectivity index (χ1) is 12.8. The zero-order chi connectivity index (χ0) is 17.5. The lowest BCUT2D eigenvalue weighted by molar-refractivity contribution is 0.421. The van der Waals surface area contributed by atoms with Crippen molar-refractivity contribution < 1.29 is 0 Å². The van der Waals surface area contributed by atoms with Crippen molar-refractivity contribution in [3.8, 4) is 0 Å². The number of anilines is 1. The molecule has 0 radical (unpaired) electrons. The van der Waals surface area contributed by atoms with Crippen LogP contribution in [0.4, 0.5) is 5.82 Å². The molecule has 1 fully saturated rings. The van der Waals surface area contributed by atoms with E-state index in [9.17, 15) is 0 Å². The van der Waals surface area contributed by atoms with E-state index in [0.29, 0.717) is 5.02 Å². The first-order valence-corrected chi connectivity index (χ1v) is 9.78. The van der Waals surface area contributed by atoms with Gasteiger partial charge in [0.25, 0.3) is 0 Å². The minimum Gasteiger partial charge on any atom is -0.346 e. The van der Waals surface area contributed by atoms with Gasteiger partial charge in [-0.25, -0.2) is 9.97 Å². The minimum absolute atomic E-state index is 0.219. The van der Waals surface area contributed by atoms with Crippen molar-refractivity contribution in [1.29, 1.82) is 0 Å². The molecule has 0 aliphatic carbocycles. The number of benzene rings is 1. The van der Waals surface area contributed by atoms with Gasteiger partial charge in [0.05, 0.1) is 11.6 Å². The van der Waals surface area contributed by atoms with Gasteiger partial charge in [0.1, 0.15) is 18.0 Å². The molecule has 5 rings (SSSR count). The van der Waals surface area contributed by atoms with Crippen LogP contribution < -0.4 is 4.90 Å². The van der Waals surface area contributed by atoms with Gasteiger partial charge in [-0.05, 0) is 50.3 Å². The fourth-order valence-corrected chi connectivity index (χ4v) is 4.44. The molecule has 3 aromatic rings. The lowest BCUT2D eigenvalue weighted by Crippen LogP contribution is -2.36. The standard InChI is InChI=1S/C19H21ClN6/c20-13-7-8-14-15(11-13)21-12-22-18(14)25-9-3-1-5-16(25)19-24-23-17-6-2-4-10-26(17)19/h7-8,11-12,16H,1-6,9-10H2. The molecule has 7 heteroatoms. The van der Waals surface area contributed by atoms with E-state index in [-0.39, 0.29) is 6.04 Å². The van der Waals surface area contributed by atoms with Crippen molar-refractivity contribution in [2.24, 2.45) is 0 Å². The summed E-state index contributed by atoms with van der Waals surface area (Å²) in [5.74, 6) is 3.21. The highest BCUT2D eigenvalue weighted by Crippen LogP contribution is 2.37. The number of rotatable bonds is 2. The summed E-state index contributed by atoms with van der Waals surface area (Å²) in [4.78, 5) is 11.4. The Labute approximate surface area is 157 Å². The van der Waals surface area contributed by atoms with Crippen LogP contribution >= 0.6 is 11.6 Å². The maximum absolute atomic E-state index is 6.15. The van der Waals surface area contributed by atoms with Gasteiger partial charge in [-0.3, -0.25) is 0 Å². The van der Waals surface area contributed by atoms with Crippen molar-refractivity contribution in [2.45, 2.75) is 51.1 Å². The molecule has 2 aliphatic rings. The average Bonchev–Trinajstić information content (AvgIpc) is 3.11. The molecule has 0 saturated carbocycles. The summed E-state index contributed by atoms with van der Waals surface area (Å²) in [5.41, 5.74) is 0.884. The quantitative estimate of drug-likeness (QED) is 0.685. The summed E-state index contributed by atoms with van der Waals surface area (Å²) in [6, 6.07) is 6.06. The van der Waals surface area contributed by atoms with E-state index < -0.39 is 0 Å². The van der Waals surface area contributed by atoms with E-state index in [1.54, 1.807) is 6.33 Å². The van der Waals surface area contributed by atoms with E-state index in [4.69, 9.17) is 11.6 Å². The molecule has 6 nitrogen and oxygen atoms in total. The van der Waals surface area contributed by atoms with Crippen LogP contribution in [0.1, 0.15) is 49.8 Å². The highest BCUT2D eigenvalue weighted by atomic mass is 35.5. The number of halogens is 1. The van der Waals surface area contributed by atoms with Gasteiger partial charge in [0.15, 0.2) is 5.82 Å². The summed E-state index contributed by atoms with van der Waals surface area (Å²) >= 11 is 6.15. The zero-order valence-corrected chi connectivity index (χ0v) is 15.4. The summed E-state index contributed by atoms with van der Waals surface area (Å²) in [5, 5.41) is 10.8. The Bertz CT molecular complexity index is 952.